The van der Waals surface area contributed by atoms with E-state index in [1.54, 1.807) is 13.2 Å². The van der Waals surface area contributed by atoms with E-state index in [1.807, 2.05) is 20.1 Å². The summed E-state index contributed by atoms with van der Waals surface area (Å²) in [5.41, 5.74) is 0.640. The number of allylic oxidation sites excluding steroid dienone is 1. The van der Waals surface area contributed by atoms with Crippen LogP contribution in [0.3, 0.4) is 0 Å². The van der Waals surface area contributed by atoms with Crippen LogP contribution in [-0.2, 0) is 0 Å². The molecule has 0 aromatic rings. The van der Waals surface area contributed by atoms with Crippen molar-refractivity contribution in [1.29, 1.82) is 5.41 Å². The molecule has 0 fully saturated rings. The Morgan fingerprint density at radius 2 is 2.18 bits per heavy atom. The van der Waals surface area contributed by atoms with Crippen LogP contribution in [0.2, 0.25) is 0 Å². The molecule has 0 bridgehead atoms. The lowest BCUT2D eigenvalue weighted by Gasteiger charge is -1.94. The van der Waals surface area contributed by atoms with Crippen LogP contribution in [0.1, 0.15) is 13.8 Å². The van der Waals surface area contributed by atoms with Crippen molar-refractivity contribution in [3.05, 3.63) is 11.9 Å². The van der Waals surface area contributed by atoms with Gasteiger partial charge in [0, 0.05) is 25.7 Å². The van der Waals surface area contributed by atoms with Crippen LogP contribution in [0.5, 0.6) is 0 Å². The first kappa shape index (κ1) is 9.88. The van der Waals surface area contributed by atoms with Crippen molar-refractivity contribution >= 4 is 12.4 Å². The van der Waals surface area contributed by atoms with Crippen LogP contribution in [-0.4, -0.2) is 19.5 Å². The molecule has 3 heteroatoms. The zero-order valence-corrected chi connectivity index (χ0v) is 7.26. The summed E-state index contributed by atoms with van der Waals surface area (Å²) in [7, 11) is 1.79. The molecule has 0 saturated carbocycles. The molecule has 0 saturated heterocycles. The quantitative estimate of drug-likeness (QED) is 0.590. The van der Waals surface area contributed by atoms with Crippen molar-refractivity contribution in [2.24, 2.45) is 10.9 Å². The Kier molecular flexibility index (Phi) is 5.07. The zero-order chi connectivity index (χ0) is 8.69. The Morgan fingerprint density at radius 3 is 2.55 bits per heavy atom. The molecule has 0 heterocycles. The summed E-state index contributed by atoms with van der Waals surface area (Å²) in [6.07, 6.45) is 4.72. The van der Waals surface area contributed by atoms with Gasteiger partial charge in [0.2, 0.25) is 0 Å². The highest BCUT2D eigenvalue weighted by Crippen LogP contribution is 1.92. The fourth-order valence-corrected chi connectivity index (χ4v) is 0.499. The molecule has 0 unspecified atom stereocenters. The third kappa shape index (κ3) is 5.33. The van der Waals surface area contributed by atoms with Gasteiger partial charge < -0.3 is 10.7 Å². The lowest BCUT2D eigenvalue weighted by Crippen LogP contribution is -1.97. The average Bonchev–Trinajstić information content (AvgIpc) is 1.97. The molecule has 0 aliphatic carbocycles. The monoisotopic (exact) mass is 153 g/mol. The van der Waals surface area contributed by atoms with Gasteiger partial charge in [-0.2, -0.15) is 0 Å². The fourth-order valence-electron chi connectivity index (χ4n) is 0.499. The highest BCUT2D eigenvalue weighted by atomic mass is 14.8. The largest absolute Gasteiger partial charge is 0.392 e. The Hall–Kier alpha value is -1.12. The molecule has 0 aromatic carbocycles. The first-order valence-electron chi connectivity index (χ1n) is 3.62. The third-order valence-electron chi connectivity index (χ3n) is 0.962. The first-order valence-corrected chi connectivity index (χ1v) is 3.62. The molecule has 0 aromatic heterocycles. The third-order valence-corrected chi connectivity index (χ3v) is 0.962. The van der Waals surface area contributed by atoms with Gasteiger partial charge in [-0.1, -0.05) is 13.8 Å². The molecule has 0 radical (unpaired) electrons. The molecule has 0 spiro atoms. The Morgan fingerprint density at radius 1 is 1.55 bits per heavy atom. The zero-order valence-electron chi connectivity index (χ0n) is 7.26. The second-order valence-corrected chi connectivity index (χ2v) is 2.52. The normalized spacial score (nSPS) is 12.5. The predicted octanol–water partition coefficient (Wildman–Crippen LogP) is 1.42. The molecule has 2 N–H and O–H groups in total. The van der Waals surface area contributed by atoms with E-state index in [4.69, 9.17) is 5.41 Å². The lowest BCUT2D eigenvalue weighted by atomic mass is 10.2. The van der Waals surface area contributed by atoms with Crippen LogP contribution in [0.25, 0.3) is 0 Å². The molecule has 0 rings (SSSR count). The van der Waals surface area contributed by atoms with Crippen LogP contribution < -0.4 is 5.32 Å². The van der Waals surface area contributed by atoms with E-state index in [-0.39, 0.29) is 0 Å². The molecule has 0 aliphatic rings. The van der Waals surface area contributed by atoms with Gasteiger partial charge in [-0.25, -0.2) is 0 Å². The summed E-state index contributed by atoms with van der Waals surface area (Å²) in [5.74, 6) is 0.426. The SMILES string of the molecule is CN/C=C(C=N)\N=C\C(C)C. The average molecular weight is 153 g/mol. The van der Waals surface area contributed by atoms with E-state index in [2.05, 4.69) is 10.3 Å². The topological polar surface area (TPSA) is 48.2 Å². The summed E-state index contributed by atoms with van der Waals surface area (Å²) in [6.45, 7) is 4.09. The Labute approximate surface area is 67.7 Å². The van der Waals surface area contributed by atoms with E-state index in [9.17, 15) is 0 Å². The summed E-state index contributed by atoms with van der Waals surface area (Å²) in [6, 6.07) is 0. The highest BCUT2D eigenvalue weighted by Gasteiger charge is 1.87. The van der Waals surface area contributed by atoms with Crippen LogP contribution in [0, 0.1) is 11.3 Å². The van der Waals surface area contributed by atoms with Crippen molar-refractivity contribution in [3.8, 4) is 0 Å². The predicted molar refractivity (Wildman–Crippen MR) is 49.3 cm³/mol. The molecule has 0 atom stereocenters. The summed E-state index contributed by atoms with van der Waals surface area (Å²) in [4.78, 5) is 4.06. The van der Waals surface area contributed by atoms with Crippen LogP contribution in [0.4, 0.5) is 0 Å². The van der Waals surface area contributed by atoms with Gasteiger partial charge in [0.05, 0.1) is 5.70 Å². The first-order chi connectivity index (χ1) is 5.20. The number of nitrogens with one attached hydrogen (secondary N) is 2. The number of rotatable bonds is 4. The van der Waals surface area contributed by atoms with Gasteiger partial charge in [-0.3, -0.25) is 4.99 Å². The second kappa shape index (κ2) is 5.65. The highest BCUT2D eigenvalue weighted by molar-refractivity contribution is 5.78. The van der Waals surface area contributed by atoms with Crippen LogP contribution in [0.15, 0.2) is 16.9 Å². The van der Waals surface area contributed by atoms with E-state index in [0.29, 0.717) is 11.6 Å². The maximum atomic E-state index is 6.96. The van der Waals surface area contributed by atoms with Crippen molar-refractivity contribution in [2.45, 2.75) is 13.8 Å². The second-order valence-electron chi connectivity index (χ2n) is 2.52. The molecular weight excluding hydrogens is 138 g/mol. The minimum Gasteiger partial charge on any atom is -0.392 e. The molecular formula is C8H15N3. The van der Waals surface area contributed by atoms with Crippen molar-refractivity contribution in [1.82, 2.24) is 5.32 Å². The molecule has 0 amide bonds. The van der Waals surface area contributed by atoms with Gasteiger partial charge >= 0.3 is 0 Å². The van der Waals surface area contributed by atoms with Crippen molar-refractivity contribution in [2.75, 3.05) is 7.05 Å². The summed E-state index contributed by atoms with van der Waals surface area (Å²) < 4.78 is 0. The van der Waals surface area contributed by atoms with Crippen molar-refractivity contribution in [3.63, 3.8) is 0 Å². The minimum absolute atomic E-state index is 0.426. The van der Waals surface area contributed by atoms with E-state index in [0.717, 1.165) is 0 Å². The molecule has 3 nitrogen and oxygen atoms in total. The van der Waals surface area contributed by atoms with Gasteiger partial charge in [-0.15, -0.1) is 0 Å². The molecule has 11 heavy (non-hydrogen) atoms. The fraction of sp³-hybridized carbons (Fsp3) is 0.500. The van der Waals surface area contributed by atoms with Gasteiger partial charge in [0.1, 0.15) is 0 Å². The van der Waals surface area contributed by atoms with Crippen LogP contribution >= 0.6 is 0 Å². The number of nitrogens with zero attached hydrogens (tertiary/aromatic N) is 1. The maximum absolute atomic E-state index is 6.96. The molecule has 0 aliphatic heterocycles. The minimum atomic E-state index is 0.426. The van der Waals surface area contributed by atoms with Gasteiger partial charge in [0.25, 0.3) is 0 Å². The summed E-state index contributed by atoms with van der Waals surface area (Å²) >= 11 is 0. The Bertz CT molecular complexity index is 168. The lowest BCUT2D eigenvalue weighted by molar-refractivity contribution is 0.905. The van der Waals surface area contributed by atoms with Crippen molar-refractivity contribution < 1.29 is 0 Å². The number of hydrogen-bond donors (Lipinski definition) is 2. The van der Waals surface area contributed by atoms with Gasteiger partial charge in [-0.05, 0) is 5.92 Å². The molecule has 62 valence electrons. The smallest absolute Gasteiger partial charge is 0.0957 e. The summed E-state index contributed by atoms with van der Waals surface area (Å²) in [5, 5.41) is 9.78. The van der Waals surface area contributed by atoms with E-state index in [1.165, 1.54) is 6.21 Å². The van der Waals surface area contributed by atoms with E-state index >= 15 is 0 Å². The Balaban J connectivity index is 4.08. The standard InChI is InChI=1S/C8H15N3/c1-7(2)5-11-8(4-9)6-10-3/h4-7,9-10H,1-3H3/b8-6-,9-4?,11-5+. The maximum Gasteiger partial charge on any atom is 0.0957 e. The number of aliphatic imine (C=N–C) groups is 1. The van der Waals surface area contributed by atoms with Gasteiger partial charge in [0.15, 0.2) is 0 Å². The van der Waals surface area contributed by atoms with E-state index < -0.39 is 0 Å². The number of hydrogen-bond acceptors (Lipinski definition) is 3.